The quantitative estimate of drug-likeness (QED) is 0.850. The molecule has 0 unspecified atom stereocenters. The zero-order chi connectivity index (χ0) is 14.2. The van der Waals surface area contributed by atoms with Gasteiger partial charge in [-0.3, -0.25) is 4.68 Å². The molecule has 2 rings (SSSR count). The van der Waals surface area contributed by atoms with Gasteiger partial charge in [0, 0.05) is 30.5 Å². The van der Waals surface area contributed by atoms with E-state index in [0.717, 1.165) is 22.6 Å². The highest BCUT2D eigenvalue weighted by atomic mass is 35.5. The minimum absolute atomic E-state index is 0.0948. The van der Waals surface area contributed by atoms with Crippen LogP contribution >= 0.6 is 23.2 Å². The van der Waals surface area contributed by atoms with Gasteiger partial charge < -0.3 is 10.4 Å². The van der Waals surface area contributed by atoms with Crippen LogP contribution in [-0.2, 0) is 13.6 Å². The van der Waals surface area contributed by atoms with Crippen LogP contribution in [0.1, 0.15) is 17.0 Å². The van der Waals surface area contributed by atoms with E-state index in [1.165, 1.54) is 0 Å². The summed E-state index contributed by atoms with van der Waals surface area (Å²) in [7, 11) is 1.92. The van der Waals surface area contributed by atoms with Crippen molar-refractivity contribution in [2.45, 2.75) is 20.4 Å². The molecule has 2 N–H and O–H groups in total. The van der Waals surface area contributed by atoms with Gasteiger partial charge in [-0.1, -0.05) is 23.2 Å². The van der Waals surface area contributed by atoms with Crippen LogP contribution in [0.4, 0.5) is 5.69 Å². The number of aromatic nitrogens is 2. The summed E-state index contributed by atoms with van der Waals surface area (Å²) in [6.45, 7) is 4.62. The molecule has 0 fully saturated rings. The number of benzene rings is 1. The minimum Gasteiger partial charge on any atom is -0.505 e. The number of phenolic OH excluding ortho intramolecular Hbond substituents is 1. The number of halogens is 2. The maximum absolute atomic E-state index is 9.50. The Balaban J connectivity index is 2.19. The van der Waals surface area contributed by atoms with Crippen molar-refractivity contribution in [3.63, 3.8) is 0 Å². The van der Waals surface area contributed by atoms with E-state index >= 15 is 0 Å². The zero-order valence-corrected chi connectivity index (χ0v) is 12.5. The third-order valence-electron chi connectivity index (χ3n) is 3.15. The molecule has 0 atom stereocenters. The first-order chi connectivity index (χ1) is 8.90. The number of anilines is 1. The molecule has 0 aliphatic rings. The smallest absolute Gasteiger partial charge is 0.152 e. The van der Waals surface area contributed by atoms with Crippen LogP contribution in [-0.4, -0.2) is 14.9 Å². The molecule has 0 radical (unpaired) electrons. The summed E-state index contributed by atoms with van der Waals surface area (Å²) < 4.78 is 1.85. The Morgan fingerprint density at radius 1 is 1.26 bits per heavy atom. The number of aryl methyl sites for hydroxylation is 2. The van der Waals surface area contributed by atoms with E-state index in [2.05, 4.69) is 10.4 Å². The second-order valence-electron chi connectivity index (χ2n) is 4.42. The van der Waals surface area contributed by atoms with Gasteiger partial charge in [-0.25, -0.2) is 0 Å². The number of hydrogen-bond acceptors (Lipinski definition) is 3. The van der Waals surface area contributed by atoms with E-state index in [9.17, 15) is 5.11 Å². The Morgan fingerprint density at radius 3 is 2.32 bits per heavy atom. The fourth-order valence-electron chi connectivity index (χ4n) is 1.93. The average Bonchev–Trinajstić information content (AvgIpc) is 2.58. The normalized spacial score (nSPS) is 10.8. The molecular weight excluding hydrogens is 285 g/mol. The van der Waals surface area contributed by atoms with E-state index in [0.29, 0.717) is 6.54 Å². The number of hydrogen-bond donors (Lipinski definition) is 2. The highest BCUT2D eigenvalue weighted by Gasteiger charge is 2.10. The molecule has 0 aliphatic heterocycles. The van der Waals surface area contributed by atoms with E-state index in [4.69, 9.17) is 23.2 Å². The van der Waals surface area contributed by atoms with Crippen LogP contribution in [0.3, 0.4) is 0 Å². The highest BCUT2D eigenvalue weighted by molar-refractivity contribution is 6.37. The molecule has 6 heteroatoms. The van der Waals surface area contributed by atoms with E-state index in [-0.39, 0.29) is 15.8 Å². The molecule has 19 heavy (non-hydrogen) atoms. The third-order valence-corrected chi connectivity index (χ3v) is 3.72. The molecule has 0 saturated heterocycles. The number of nitrogens with one attached hydrogen (secondary N) is 1. The van der Waals surface area contributed by atoms with Gasteiger partial charge >= 0.3 is 0 Å². The lowest BCUT2D eigenvalue weighted by molar-refractivity contribution is 0.476. The zero-order valence-electron chi connectivity index (χ0n) is 11.0. The summed E-state index contributed by atoms with van der Waals surface area (Å²) in [5, 5.41) is 17.6. The van der Waals surface area contributed by atoms with Crippen LogP contribution in [0.25, 0.3) is 0 Å². The Labute approximate surface area is 122 Å². The van der Waals surface area contributed by atoms with Crippen molar-refractivity contribution >= 4 is 28.9 Å². The van der Waals surface area contributed by atoms with E-state index < -0.39 is 0 Å². The van der Waals surface area contributed by atoms with Crippen molar-refractivity contribution < 1.29 is 5.11 Å². The third kappa shape index (κ3) is 2.80. The molecule has 1 heterocycles. The molecule has 0 aliphatic carbocycles. The molecule has 2 aromatic rings. The van der Waals surface area contributed by atoms with Crippen LogP contribution in [0, 0.1) is 13.8 Å². The van der Waals surface area contributed by atoms with Crippen molar-refractivity contribution in [1.82, 2.24) is 9.78 Å². The maximum Gasteiger partial charge on any atom is 0.152 e. The van der Waals surface area contributed by atoms with Gasteiger partial charge in [0.25, 0.3) is 0 Å². The molecule has 0 spiro atoms. The first-order valence-electron chi connectivity index (χ1n) is 5.81. The topological polar surface area (TPSA) is 50.1 Å². The summed E-state index contributed by atoms with van der Waals surface area (Å²) in [6.07, 6.45) is 0. The summed E-state index contributed by atoms with van der Waals surface area (Å²) in [6, 6.07) is 3.29. The summed E-state index contributed by atoms with van der Waals surface area (Å²) >= 11 is 11.8. The molecule has 0 bridgehead atoms. The standard InChI is InChI=1S/C13H15Cl2N3O/c1-7-10(8(2)18(3)17-7)6-16-9-4-11(14)13(19)12(15)5-9/h4-5,16,19H,6H2,1-3H3. The summed E-state index contributed by atoms with van der Waals surface area (Å²) in [5.41, 5.74) is 4.00. The number of aromatic hydroxyl groups is 1. The Kier molecular flexibility index (Phi) is 3.92. The van der Waals surface area contributed by atoms with Crippen molar-refractivity contribution in [2.24, 2.45) is 7.05 Å². The fraction of sp³-hybridized carbons (Fsp3) is 0.308. The minimum atomic E-state index is -0.0948. The van der Waals surface area contributed by atoms with Crippen molar-refractivity contribution in [2.75, 3.05) is 5.32 Å². The monoisotopic (exact) mass is 299 g/mol. The van der Waals surface area contributed by atoms with Crippen molar-refractivity contribution in [3.8, 4) is 5.75 Å². The lowest BCUT2D eigenvalue weighted by Gasteiger charge is -2.09. The first kappa shape index (κ1) is 14.0. The van der Waals surface area contributed by atoms with Crippen molar-refractivity contribution in [3.05, 3.63) is 39.1 Å². The van der Waals surface area contributed by atoms with Crippen LogP contribution in [0.5, 0.6) is 5.75 Å². The lowest BCUT2D eigenvalue weighted by Crippen LogP contribution is -2.02. The van der Waals surface area contributed by atoms with Gasteiger partial charge in [0.2, 0.25) is 0 Å². The molecular formula is C13H15Cl2N3O. The average molecular weight is 300 g/mol. The predicted octanol–water partition coefficient (Wildman–Crippen LogP) is 3.66. The van der Waals surface area contributed by atoms with Crippen LogP contribution in [0.2, 0.25) is 10.0 Å². The second kappa shape index (κ2) is 5.31. The SMILES string of the molecule is Cc1nn(C)c(C)c1CNc1cc(Cl)c(O)c(Cl)c1. The molecule has 102 valence electrons. The number of rotatable bonds is 3. The van der Waals surface area contributed by atoms with Gasteiger partial charge in [0.15, 0.2) is 5.75 Å². The molecule has 1 aromatic carbocycles. The molecule has 0 saturated carbocycles. The Hall–Kier alpha value is -1.39. The van der Waals surface area contributed by atoms with Gasteiger partial charge in [-0.15, -0.1) is 0 Å². The largest absolute Gasteiger partial charge is 0.505 e. The molecule has 4 nitrogen and oxygen atoms in total. The van der Waals surface area contributed by atoms with Crippen molar-refractivity contribution in [1.29, 1.82) is 0 Å². The number of phenols is 1. The molecule has 1 aromatic heterocycles. The Bertz CT molecular complexity index is 600. The summed E-state index contributed by atoms with van der Waals surface area (Å²) in [4.78, 5) is 0. The van der Waals surface area contributed by atoms with Crippen LogP contribution in [0.15, 0.2) is 12.1 Å². The van der Waals surface area contributed by atoms with Crippen LogP contribution < -0.4 is 5.32 Å². The first-order valence-corrected chi connectivity index (χ1v) is 6.56. The predicted molar refractivity (Wildman–Crippen MR) is 78.1 cm³/mol. The number of nitrogens with zero attached hydrogens (tertiary/aromatic N) is 2. The van der Waals surface area contributed by atoms with Gasteiger partial charge in [0.05, 0.1) is 15.7 Å². The van der Waals surface area contributed by atoms with Gasteiger partial charge in [-0.2, -0.15) is 5.10 Å². The molecule has 0 amide bonds. The maximum atomic E-state index is 9.50. The fourth-order valence-corrected chi connectivity index (χ4v) is 2.42. The lowest BCUT2D eigenvalue weighted by atomic mass is 10.2. The highest BCUT2D eigenvalue weighted by Crippen LogP contribution is 2.34. The second-order valence-corrected chi connectivity index (χ2v) is 5.23. The van der Waals surface area contributed by atoms with Gasteiger partial charge in [0.1, 0.15) is 0 Å². The van der Waals surface area contributed by atoms with E-state index in [1.807, 2.05) is 25.6 Å². The van der Waals surface area contributed by atoms with Gasteiger partial charge in [-0.05, 0) is 26.0 Å². The Morgan fingerprint density at radius 2 is 1.84 bits per heavy atom. The summed E-state index contributed by atoms with van der Waals surface area (Å²) in [5.74, 6) is -0.0948. The van der Waals surface area contributed by atoms with E-state index in [1.54, 1.807) is 12.1 Å².